The Morgan fingerprint density at radius 3 is 2.53 bits per heavy atom. The number of fused-ring (bicyclic) bond motifs is 1. The van der Waals surface area contributed by atoms with E-state index in [1.807, 2.05) is 4.90 Å². The molecule has 3 fully saturated rings. The molecule has 1 aromatic heterocycles. The monoisotopic (exact) mass is 415 g/mol. The van der Waals surface area contributed by atoms with Gasteiger partial charge in [0.15, 0.2) is 11.6 Å². The van der Waals surface area contributed by atoms with E-state index in [1.54, 1.807) is 4.57 Å². The second-order valence-electron chi connectivity index (χ2n) is 9.17. The number of carboxylic acid groups (broad SMARTS) is 1. The number of benzene rings is 1. The van der Waals surface area contributed by atoms with Crippen LogP contribution in [0.2, 0.25) is 0 Å². The molecule has 160 valence electrons. The van der Waals surface area contributed by atoms with Crippen molar-refractivity contribution in [2.75, 3.05) is 39.2 Å². The molecule has 3 aliphatic rings. The average Bonchev–Trinajstić information content (AvgIpc) is 3.59. The first kappa shape index (κ1) is 19.4. The van der Waals surface area contributed by atoms with Gasteiger partial charge in [0, 0.05) is 36.8 Å². The van der Waals surface area contributed by atoms with E-state index in [2.05, 4.69) is 19.0 Å². The smallest absolute Gasteiger partial charge is 0.341 e. The summed E-state index contributed by atoms with van der Waals surface area (Å²) < 4.78 is 23.0. The molecule has 2 heterocycles. The van der Waals surface area contributed by atoms with Gasteiger partial charge in [-0.1, -0.05) is 0 Å². The molecule has 0 amide bonds. The summed E-state index contributed by atoms with van der Waals surface area (Å²) in [6.45, 7) is 1.43. The van der Waals surface area contributed by atoms with E-state index in [0.29, 0.717) is 29.5 Å². The van der Waals surface area contributed by atoms with Gasteiger partial charge in [0.2, 0.25) is 5.43 Å². The van der Waals surface area contributed by atoms with Crippen LogP contribution in [0, 0.1) is 11.2 Å². The minimum atomic E-state index is -1.30. The van der Waals surface area contributed by atoms with Crippen molar-refractivity contribution in [1.82, 2.24) is 9.47 Å². The zero-order valence-corrected chi connectivity index (χ0v) is 17.4. The highest BCUT2D eigenvalue weighted by Crippen LogP contribution is 2.56. The molecule has 1 atom stereocenters. The summed E-state index contributed by atoms with van der Waals surface area (Å²) in [5.74, 6) is -1.53. The fourth-order valence-electron chi connectivity index (χ4n) is 5.21. The Bertz CT molecular complexity index is 1120. The van der Waals surface area contributed by atoms with Gasteiger partial charge in [-0.3, -0.25) is 4.79 Å². The summed E-state index contributed by atoms with van der Waals surface area (Å²) in [5, 5.41) is 9.53. The van der Waals surface area contributed by atoms with Gasteiger partial charge >= 0.3 is 5.97 Å². The van der Waals surface area contributed by atoms with Crippen LogP contribution >= 0.6 is 0 Å². The van der Waals surface area contributed by atoms with Crippen molar-refractivity contribution < 1.29 is 19.0 Å². The molecule has 1 aromatic carbocycles. The first-order valence-corrected chi connectivity index (χ1v) is 10.4. The summed E-state index contributed by atoms with van der Waals surface area (Å²) in [6.07, 6.45) is 5.42. The van der Waals surface area contributed by atoms with E-state index in [-0.39, 0.29) is 22.4 Å². The molecule has 2 aromatic rings. The molecule has 2 aliphatic carbocycles. The Morgan fingerprint density at radius 2 is 2.03 bits per heavy atom. The molecular weight excluding hydrogens is 389 g/mol. The van der Waals surface area contributed by atoms with Crippen molar-refractivity contribution >= 4 is 22.6 Å². The lowest BCUT2D eigenvalue weighted by Crippen LogP contribution is -2.36. The van der Waals surface area contributed by atoms with E-state index >= 15 is 4.39 Å². The normalized spacial score (nSPS) is 22.3. The Kier molecular flexibility index (Phi) is 4.16. The van der Waals surface area contributed by atoms with Crippen molar-refractivity contribution in [3.63, 3.8) is 0 Å². The SMILES string of the molecule is COc1c(N2CC(N(C)C)C3(CC3)C2)c(F)cc2c(=O)c(C(=O)O)cn(C3CC3)c12. The lowest BCUT2D eigenvalue weighted by Gasteiger charge is -2.26. The number of hydrogen-bond acceptors (Lipinski definition) is 5. The summed E-state index contributed by atoms with van der Waals surface area (Å²) in [6, 6.07) is 1.63. The number of carbonyl (C=O) groups is 1. The topological polar surface area (TPSA) is 75.0 Å². The van der Waals surface area contributed by atoms with E-state index in [9.17, 15) is 14.7 Å². The first-order valence-electron chi connectivity index (χ1n) is 10.4. The molecule has 0 radical (unpaired) electrons. The molecule has 1 unspecified atom stereocenters. The Balaban J connectivity index is 1.74. The highest BCUT2D eigenvalue weighted by molar-refractivity contribution is 5.97. The number of rotatable bonds is 5. The van der Waals surface area contributed by atoms with Gasteiger partial charge in [0.25, 0.3) is 0 Å². The maximum Gasteiger partial charge on any atom is 0.341 e. The summed E-state index contributed by atoms with van der Waals surface area (Å²) in [7, 11) is 5.59. The molecule has 1 aliphatic heterocycles. The third-order valence-electron chi connectivity index (χ3n) is 7.01. The van der Waals surface area contributed by atoms with Crippen LogP contribution in [0.3, 0.4) is 0 Å². The molecule has 5 rings (SSSR count). The zero-order chi connectivity index (χ0) is 21.4. The lowest BCUT2D eigenvalue weighted by molar-refractivity contribution is 0.0695. The number of halogens is 1. The number of ether oxygens (including phenoxy) is 1. The standard InChI is InChI=1S/C22H26FN3O4/c1-24(2)16-10-25(11-22(16)6-7-22)18-15(23)8-13-17(20(18)30-3)26(12-4-5-12)9-14(19(13)27)21(28)29/h8-9,12,16H,4-7,10-11H2,1-3H3,(H,28,29). The number of hydrogen-bond donors (Lipinski definition) is 1. The number of aromatic nitrogens is 1. The maximum atomic E-state index is 15.4. The van der Waals surface area contributed by atoms with Crippen LogP contribution in [0.5, 0.6) is 5.75 Å². The number of aromatic carboxylic acids is 1. The number of methoxy groups -OCH3 is 1. The van der Waals surface area contributed by atoms with Crippen molar-refractivity contribution in [3.8, 4) is 5.75 Å². The summed E-state index contributed by atoms with van der Waals surface area (Å²) >= 11 is 0. The quantitative estimate of drug-likeness (QED) is 0.810. The van der Waals surface area contributed by atoms with Gasteiger partial charge in [-0.2, -0.15) is 0 Å². The molecule has 7 nitrogen and oxygen atoms in total. The number of carboxylic acids is 1. The van der Waals surface area contributed by atoms with E-state index in [1.165, 1.54) is 19.4 Å². The largest absolute Gasteiger partial charge is 0.492 e. The molecule has 1 saturated heterocycles. The Labute approximate surface area is 173 Å². The van der Waals surface area contributed by atoms with Crippen LogP contribution in [0.1, 0.15) is 42.1 Å². The fourth-order valence-corrected chi connectivity index (χ4v) is 5.21. The lowest BCUT2D eigenvalue weighted by atomic mass is 10.0. The average molecular weight is 415 g/mol. The van der Waals surface area contributed by atoms with Gasteiger partial charge in [-0.25, -0.2) is 9.18 Å². The van der Waals surface area contributed by atoms with Crippen LogP contribution < -0.4 is 15.1 Å². The molecule has 8 heteroatoms. The highest BCUT2D eigenvalue weighted by atomic mass is 19.1. The second kappa shape index (κ2) is 6.44. The van der Waals surface area contributed by atoms with Gasteiger partial charge in [0.1, 0.15) is 11.3 Å². The minimum Gasteiger partial charge on any atom is -0.492 e. The fraction of sp³-hybridized carbons (Fsp3) is 0.545. The zero-order valence-electron chi connectivity index (χ0n) is 17.4. The predicted molar refractivity (Wildman–Crippen MR) is 111 cm³/mol. The minimum absolute atomic E-state index is 0.0596. The third-order valence-corrected chi connectivity index (χ3v) is 7.01. The summed E-state index contributed by atoms with van der Waals surface area (Å²) in [4.78, 5) is 28.7. The van der Waals surface area contributed by atoms with Crippen LogP contribution in [-0.4, -0.2) is 60.9 Å². The van der Waals surface area contributed by atoms with Crippen LogP contribution in [0.4, 0.5) is 10.1 Å². The van der Waals surface area contributed by atoms with Crippen molar-refractivity contribution in [1.29, 1.82) is 0 Å². The Hall–Kier alpha value is -2.61. The maximum absolute atomic E-state index is 15.4. The number of pyridine rings is 1. The third kappa shape index (κ3) is 2.73. The van der Waals surface area contributed by atoms with E-state index < -0.39 is 17.2 Å². The van der Waals surface area contributed by atoms with Crippen molar-refractivity contribution in [3.05, 3.63) is 33.9 Å². The first-order chi connectivity index (χ1) is 14.3. The molecular formula is C22H26FN3O4. The van der Waals surface area contributed by atoms with Crippen molar-refractivity contribution in [2.24, 2.45) is 5.41 Å². The van der Waals surface area contributed by atoms with Crippen LogP contribution in [0.15, 0.2) is 17.1 Å². The molecule has 30 heavy (non-hydrogen) atoms. The Morgan fingerprint density at radius 1 is 1.33 bits per heavy atom. The van der Waals surface area contributed by atoms with Crippen molar-refractivity contribution in [2.45, 2.75) is 37.8 Å². The number of nitrogens with zero attached hydrogens (tertiary/aromatic N) is 3. The second-order valence-corrected chi connectivity index (χ2v) is 9.17. The highest BCUT2D eigenvalue weighted by Gasteiger charge is 2.56. The van der Waals surface area contributed by atoms with Crippen LogP contribution in [0.25, 0.3) is 10.9 Å². The van der Waals surface area contributed by atoms with Crippen LogP contribution in [-0.2, 0) is 0 Å². The van der Waals surface area contributed by atoms with E-state index in [0.717, 1.165) is 32.2 Å². The number of likely N-dealkylation sites (N-methyl/N-ethyl adjacent to an activating group) is 1. The van der Waals surface area contributed by atoms with Gasteiger partial charge < -0.3 is 24.2 Å². The predicted octanol–water partition coefficient (Wildman–Crippen LogP) is 2.71. The van der Waals surface area contributed by atoms with Gasteiger partial charge in [-0.05, 0) is 45.8 Å². The molecule has 1 spiro atoms. The van der Waals surface area contributed by atoms with Gasteiger partial charge in [0.05, 0.1) is 18.0 Å². The van der Waals surface area contributed by atoms with Gasteiger partial charge in [-0.15, -0.1) is 0 Å². The number of anilines is 1. The molecule has 2 saturated carbocycles. The van der Waals surface area contributed by atoms with E-state index in [4.69, 9.17) is 4.74 Å². The summed E-state index contributed by atoms with van der Waals surface area (Å²) in [5.41, 5.74) is 0.0278. The molecule has 1 N–H and O–H groups in total. The molecule has 0 bridgehead atoms.